The van der Waals surface area contributed by atoms with Crippen LogP contribution in [0.2, 0.25) is 0 Å². The molecule has 0 aromatic carbocycles. The highest BCUT2D eigenvalue weighted by Gasteiger charge is 2.20. The summed E-state index contributed by atoms with van der Waals surface area (Å²) in [5.41, 5.74) is 5.76. The Morgan fingerprint density at radius 3 is 2.71 bits per heavy atom. The van der Waals surface area contributed by atoms with E-state index >= 15 is 0 Å². The number of hydrogen-bond acceptors (Lipinski definition) is 9. The molecular weight excluding hydrogens is 330 g/mol. The van der Waals surface area contributed by atoms with Crippen molar-refractivity contribution in [3.05, 3.63) is 29.2 Å². The van der Waals surface area contributed by atoms with E-state index in [-0.39, 0.29) is 17.3 Å². The summed E-state index contributed by atoms with van der Waals surface area (Å²) >= 11 is 1.43. The van der Waals surface area contributed by atoms with E-state index in [1.54, 1.807) is 5.38 Å². The molecule has 0 saturated carbocycles. The van der Waals surface area contributed by atoms with E-state index in [0.29, 0.717) is 5.69 Å². The number of ether oxygens (including phenoxy) is 1. The second-order valence-corrected chi connectivity index (χ2v) is 6.19. The topological polar surface area (TPSA) is 111 Å². The van der Waals surface area contributed by atoms with Crippen LogP contribution in [0.25, 0.3) is 0 Å². The van der Waals surface area contributed by atoms with Gasteiger partial charge in [0.25, 0.3) is 0 Å². The summed E-state index contributed by atoms with van der Waals surface area (Å²) in [7, 11) is 0. The highest BCUT2D eigenvalue weighted by Crippen LogP contribution is 2.24. The maximum atomic E-state index is 12.1. The maximum absolute atomic E-state index is 12.1. The minimum Gasteiger partial charge on any atom is -0.452 e. The van der Waals surface area contributed by atoms with Gasteiger partial charge in [0, 0.05) is 30.9 Å². The number of carbonyl (C=O) groups excluding carboxylic acids is 2. The molecule has 2 aromatic heterocycles. The van der Waals surface area contributed by atoms with Gasteiger partial charge in [0.1, 0.15) is 5.69 Å². The molecule has 1 fully saturated rings. The first kappa shape index (κ1) is 16.3. The van der Waals surface area contributed by atoms with Gasteiger partial charge in [-0.05, 0) is 19.3 Å². The quantitative estimate of drug-likeness (QED) is 0.640. The van der Waals surface area contributed by atoms with E-state index in [1.807, 2.05) is 0 Å². The number of nitrogens with zero attached hydrogens (tertiary/aromatic N) is 4. The summed E-state index contributed by atoms with van der Waals surface area (Å²) in [5.74, 6) is -1.17. The molecule has 2 aromatic rings. The number of thiazole rings is 1. The fourth-order valence-electron chi connectivity index (χ4n) is 2.40. The van der Waals surface area contributed by atoms with E-state index in [1.165, 1.54) is 30.2 Å². The summed E-state index contributed by atoms with van der Waals surface area (Å²) in [6.07, 6.45) is 6.21. The van der Waals surface area contributed by atoms with Gasteiger partial charge in [-0.3, -0.25) is 4.79 Å². The van der Waals surface area contributed by atoms with E-state index in [4.69, 9.17) is 10.5 Å². The first-order chi connectivity index (χ1) is 11.6. The predicted octanol–water partition coefficient (Wildman–Crippen LogP) is 1.55. The lowest BCUT2D eigenvalue weighted by molar-refractivity contribution is 0.0468. The number of ketones is 1. The van der Waals surface area contributed by atoms with Crippen LogP contribution in [0.15, 0.2) is 17.8 Å². The second kappa shape index (κ2) is 7.35. The zero-order valence-corrected chi connectivity index (χ0v) is 13.8. The third-order valence-electron chi connectivity index (χ3n) is 3.66. The average Bonchev–Trinajstić information content (AvgIpc) is 3.11. The van der Waals surface area contributed by atoms with Crippen molar-refractivity contribution in [2.24, 2.45) is 0 Å². The van der Waals surface area contributed by atoms with Crippen molar-refractivity contribution < 1.29 is 14.3 Å². The molecular formula is C15H17N5O3S. The Kier molecular flexibility index (Phi) is 4.99. The molecule has 3 rings (SSSR count). The van der Waals surface area contributed by atoms with Crippen LogP contribution >= 0.6 is 11.3 Å². The minimum absolute atomic E-state index is 0.0315. The number of hydrogen-bond donors (Lipinski definition) is 1. The van der Waals surface area contributed by atoms with Crippen molar-refractivity contribution in [1.29, 1.82) is 0 Å². The molecule has 1 aliphatic rings. The van der Waals surface area contributed by atoms with Crippen molar-refractivity contribution >= 4 is 34.0 Å². The second-order valence-electron chi connectivity index (χ2n) is 5.35. The third-order valence-corrected chi connectivity index (χ3v) is 4.56. The number of rotatable bonds is 5. The lowest BCUT2D eigenvalue weighted by Crippen LogP contribution is -2.29. The van der Waals surface area contributed by atoms with E-state index in [9.17, 15) is 9.59 Å². The number of carbonyl (C=O) groups is 2. The van der Waals surface area contributed by atoms with Crippen molar-refractivity contribution in [2.75, 3.05) is 30.3 Å². The van der Waals surface area contributed by atoms with Crippen molar-refractivity contribution in [1.82, 2.24) is 15.0 Å². The highest BCUT2D eigenvalue weighted by molar-refractivity contribution is 7.13. The van der Waals surface area contributed by atoms with Crippen LogP contribution < -0.4 is 10.6 Å². The molecule has 0 unspecified atom stereocenters. The lowest BCUT2D eigenvalue weighted by Gasteiger charge is -2.25. The van der Waals surface area contributed by atoms with Crippen molar-refractivity contribution in [3.63, 3.8) is 0 Å². The zero-order chi connectivity index (χ0) is 16.9. The van der Waals surface area contributed by atoms with Crippen LogP contribution in [-0.2, 0) is 4.74 Å². The van der Waals surface area contributed by atoms with Gasteiger partial charge in [0.2, 0.25) is 5.78 Å². The lowest BCUT2D eigenvalue weighted by atomic mass is 10.1. The van der Waals surface area contributed by atoms with E-state index < -0.39 is 12.6 Å². The Bertz CT molecular complexity index is 742. The zero-order valence-electron chi connectivity index (χ0n) is 13.0. The molecule has 24 heavy (non-hydrogen) atoms. The number of nitrogens with two attached hydrogens (primary N) is 1. The summed E-state index contributed by atoms with van der Waals surface area (Å²) in [4.78, 5) is 38.1. The van der Waals surface area contributed by atoms with Crippen LogP contribution in [0, 0.1) is 0 Å². The molecule has 9 heteroatoms. The predicted molar refractivity (Wildman–Crippen MR) is 89.2 cm³/mol. The van der Waals surface area contributed by atoms with E-state index in [0.717, 1.165) is 31.1 Å². The van der Waals surface area contributed by atoms with Crippen molar-refractivity contribution in [3.8, 4) is 0 Å². The molecule has 0 radical (unpaired) electrons. The molecule has 1 aliphatic heterocycles. The van der Waals surface area contributed by atoms with Crippen LogP contribution in [0.3, 0.4) is 0 Å². The molecule has 0 aliphatic carbocycles. The fourth-order valence-corrected chi connectivity index (χ4v) is 3.29. The standard InChI is InChI=1S/C15H17N5O3S/c16-13-12(17-4-5-18-13)14(22)23-8-11(21)10-9-24-15(19-10)20-6-2-1-3-7-20/h4-5,9H,1-3,6-8H2,(H2,16,18). The number of esters is 1. The summed E-state index contributed by atoms with van der Waals surface area (Å²) in [5, 5.41) is 2.53. The third kappa shape index (κ3) is 3.67. The van der Waals surface area contributed by atoms with Crippen LogP contribution in [0.4, 0.5) is 10.9 Å². The number of Topliss-reactive ketones (excluding diaryl/α,β-unsaturated/α-hetero) is 1. The Hall–Kier alpha value is -2.55. The van der Waals surface area contributed by atoms with E-state index in [2.05, 4.69) is 19.9 Å². The highest BCUT2D eigenvalue weighted by atomic mass is 32.1. The molecule has 0 bridgehead atoms. The van der Waals surface area contributed by atoms with Gasteiger partial charge in [-0.25, -0.2) is 19.7 Å². The van der Waals surface area contributed by atoms with Crippen LogP contribution in [0.1, 0.15) is 40.2 Å². The smallest absolute Gasteiger partial charge is 0.361 e. The summed E-state index contributed by atoms with van der Waals surface area (Å²) in [6, 6.07) is 0. The van der Waals surface area contributed by atoms with Gasteiger partial charge in [-0.2, -0.15) is 0 Å². The van der Waals surface area contributed by atoms with Gasteiger partial charge in [0.15, 0.2) is 23.3 Å². The maximum Gasteiger partial charge on any atom is 0.361 e. The van der Waals surface area contributed by atoms with Gasteiger partial charge in [-0.15, -0.1) is 11.3 Å². The van der Waals surface area contributed by atoms with Crippen LogP contribution in [0.5, 0.6) is 0 Å². The number of anilines is 2. The molecule has 2 N–H and O–H groups in total. The molecule has 0 atom stereocenters. The Balaban J connectivity index is 1.58. The SMILES string of the molecule is Nc1nccnc1C(=O)OCC(=O)c1csc(N2CCCCC2)n1. The monoisotopic (exact) mass is 347 g/mol. The Morgan fingerprint density at radius 1 is 1.21 bits per heavy atom. The van der Waals surface area contributed by atoms with Crippen molar-refractivity contribution in [2.45, 2.75) is 19.3 Å². The number of nitrogen functional groups attached to an aromatic ring is 1. The number of piperidine rings is 1. The Labute approximate surface area is 142 Å². The first-order valence-corrected chi connectivity index (χ1v) is 8.50. The van der Waals surface area contributed by atoms with Crippen LogP contribution in [-0.4, -0.2) is 46.4 Å². The largest absolute Gasteiger partial charge is 0.452 e. The number of aromatic nitrogens is 3. The van der Waals surface area contributed by atoms with Gasteiger partial charge in [-0.1, -0.05) is 0 Å². The molecule has 8 nitrogen and oxygen atoms in total. The molecule has 3 heterocycles. The average molecular weight is 347 g/mol. The first-order valence-electron chi connectivity index (χ1n) is 7.62. The van der Waals surface area contributed by atoms with Gasteiger partial charge >= 0.3 is 5.97 Å². The minimum atomic E-state index is -0.777. The normalized spacial score (nSPS) is 14.4. The molecule has 126 valence electrons. The Morgan fingerprint density at radius 2 is 1.96 bits per heavy atom. The molecule has 0 spiro atoms. The molecule has 0 amide bonds. The molecule has 1 saturated heterocycles. The summed E-state index contributed by atoms with van der Waals surface area (Å²) in [6.45, 7) is 1.52. The summed E-state index contributed by atoms with van der Waals surface area (Å²) < 4.78 is 4.96. The van der Waals surface area contributed by atoms with Gasteiger partial charge < -0.3 is 15.4 Å². The fraction of sp³-hybridized carbons (Fsp3) is 0.400. The van der Waals surface area contributed by atoms with Gasteiger partial charge in [0.05, 0.1) is 0 Å².